The summed E-state index contributed by atoms with van der Waals surface area (Å²) >= 11 is 12.6. The van der Waals surface area contributed by atoms with Gasteiger partial charge < -0.3 is 4.74 Å². The third kappa shape index (κ3) is 3.81. The van der Waals surface area contributed by atoms with Gasteiger partial charge in [-0.25, -0.2) is 0 Å². The minimum absolute atomic E-state index is 0.425. The molecule has 0 saturated heterocycles. The van der Waals surface area contributed by atoms with Gasteiger partial charge in [-0.3, -0.25) is 4.79 Å². The van der Waals surface area contributed by atoms with Crippen LogP contribution in [0, 0.1) is 0 Å². The lowest BCUT2D eigenvalue weighted by Crippen LogP contribution is -1.97. The van der Waals surface area contributed by atoms with E-state index >= 15 is 0 Å². The van der Waals surface area contributed by atoms with Gasteiger partial charge in [-0.1, -0.05) is 23.7 Å². The summed E-state index contributed by atoms with van der Waals surface area (Å²) in [5.41, 5.74) is 1.60. The molecule has 0 unspecified atom stereocenters. The van der Waals surface area contributed by atoms with Gasteiger partial charge in [-0.2, -0.15) is 0 Å². The lowest BCUT2D eigenvalue weighted by Gasteiger charge is -2.11. The molecule has 0 heterocycles. The van der Waals surface area contributed by atoms with E-state index in [1.54, 1.807) is 12.1 Å². The minimum atomic E-state index is 0.425. The Balaban J connectivity index is 2.15. The first-order chi connectivity index (χ1) is 9.10. The van der Waals surface area contributed by atoms with Gasteiger partial charge in [0.25, 0.3) is 0 Å². The average molecular weight is 404 g/mol. The number of carbonyl (C=O) groups excluding carboxylic acids is 1. The van der Waals surface area contributed by atoms with Crippen molar-refractivity contribution in [1.29, 1.82) is 0 Å². The summed E-state index contributed by atoms with van der Waals surface area (Å²) in [5, 5.41) is 0.696. The summed E-state index contributed by atoms with van der Waals surface area (Å²) in [4.78, 5) is 10.7. The maximum Gasteiger partial charge on any atom is 0.150 e. The van der Waals surface area contributed by atoms with Gasteiger partial charge in [0, 0.05) is 10.6 Å². The highest BCUT2D eigenvalue weighted by atomic mass is 79.9. The van der Waals surface area contributed by atoms with Crippen LogP contribution in [-0.2, 0) is 6.61 Å². The number of halogens is 3. The Kier molecular flexibility index (Phi) is 5.02. The predicted octanol–water partition coefficient (Wildman–Crippen LogP) is 5.26. The lowest BCUT2D eigenvalue weighted by atomic mass is 10.2. The second-order valence-corrected chi connectivity index (χ2v) is 5.99. The summed E-state index contributed by atoms with van der Waals surface area (Å²) in [5.74, 6) is 0.667. The molecule has 0 saturated carbocycles. The highest BCUT2D eigenvalue weighted by Gasteiger charge is 2.09. The van der Waals surface area contributed by atoms with E-state index in [0.29, 0.717) is 22.9 Å². The fourth-order valence-electron chi connectivity index (χ4n) is 1.52. The van der Waals surface area contributed by atoms with Crippen molar-refractivity contribution in [2.24, 2.45) is 0 Å². The van der Waals surface area contributed by atoms with Crippen molar-refractivity contribution < 1.29 is 9.53 Å². The predicted molar refractivity (Wildman–Crippen MR) is 83.0 cm³/mol. The molecule has 0 aliphatic carbocycles. The van der Waals surface area contributed by atoms with Crippen molar-refractivity contribution >= 4 is 49.7 Å². The number of rotatable bonds is 4. The molecule has 0 bridgehead atoms. The maximum atomic E-state index is 10.7. The van der Waals surface area contributed by atoms with Gasteiger partial charge >= 0.3 is 0 Å². The topological polar surface area (TPSA) is 26.3 Å². The van der Waals surface area contributed by atoms with Crippen LogP contribution < -0.4 is 4.74 Å². The Morgan fingerprint density at radius 1 is 1.11 bits per heavy atom. The summed E-state index contributed by atoms with van der Waals surface area (Å²) in [7, 11) is 0. The summed E-state index contributed by atoms with van der Waals surface area (Å²) in [6.07, 6.45) is 0.790. The molecule has 2 aromatic carbocycles. The van der Waals surface area contributed by atoms with Crippen molar-refractivity contribution in [2.75, 3.05) is 0 Å². The number of carbonyl (C=O) groups is 1. The van der Waals surface area contributed by atoms with E-state index in [9.17, 15) is 4.79 Å². The number of ether oxygens (including phenoxy) is 1. The smallest absolute Gasteiger partial charge is 0.150 e. The number of hydrogen-bond acceptors (Lipinski definition) is 2. The van der Waals surface area contributed by atoms with Crippen LogP contribution in [0.3, 0.4) is 0 Å². The fourth-order valence-corrected chi connectivity index (χ4v) is 3.10. The Labute approximate surface area is 133 Å². The van der Waals surface area contributed by atoms with Crippen LogP contribution in [-0.4, -0.2) is 6.29 Å². The Bertz CT molecular complexity index is 574. The molecule has 98 valence electrons. The van der Waals surface area contributed by atoms with Gasteiger partial charge in [-0.05, 0) is 61.7 Å². The molecule has 0 atom stereocenters. The molecule has 0 aliphatic heterocycles. The fraction of sp³-hybridized carbons (Fsp3) is 0.0714. The zero-order valence-corrected chi connectivity index (χ0v) is 13.6. The van der Waals surface area contributed by atoms with E-state index in [-0.39, 0.29) is 0 Å². The molecule has 0 radical (unpaired) electrons. The molecular weight excluding hydrogens is 395 g/mol. The molecule has 19 heavy (non-hydrogen) atoms. The number of aldehydes is 1. The first-order valence-corrected chi connectivity index (χ1v) is 7.38. The van der Waals surface area contributed by atoms with Gasteiger partial charge in [-0.15, -0.1) is 0 Å². The highest BCUT2D eigenvalue weighted by Crippen LogP contribution is 2.35. The molecule has 0 spiro atoms. The van der Waals surface area contributed by atoms with Gasteiger partial charge in [0.2, 0.25) is 0 Å². The van der Waals surface area contributed by atoms with E-state index in [4.69, 9.17) is 16.3 Å². The molecular formula is C14H9Br2ClO2. The van der Waals surface area contributed by atoms with Crippen LogP contribution in [0.2, 0.25) is 5.02 Å². The first kappa shape index (κ1) is 14.6. The van der Waals surface area contributed by atoms with E-state index in [0.717, 1.165) is 20.8 Å². The Morgan fingerprint density at radius 2 is 1.68 bits per heavy atom. The van der Waals surface area contributed by atoms with Crippen molar-refractivity contribution in [3.8, 4) is 5.75 Å². The van der Waals surface area contributed by atoms with Crippen molar-refractivity contribution in [3.05, 3.63) is 61.5 Å². The first-order valence-electron chi connectivity index (χ1n) is 5.41. The van der Waals surface area contributed by atoms with E-state index < -0.39 is 0 Å². The average Bonchev–Trinajstić information content (AvgIpc) is 2.39. The molecule has 2 aromatic rings. The molecule has 2 rings (SSSR count). The van der Waals surface area contributed by atoms with Crippen LogP contribution in [0.25, 0.3) is 0 Å². The molecule has 0 aromatic heterocycles. The van der Waals surface area contributed by atoms with Gasteiger partial charge in [0.15, 0.2) is 0 Å². The number of benzene rings is 2. The summed E-state index contributed by atoms with van der Waals surface area (Å²) in [6, 6.07) is 10.9. The zero-order chi connectivity index (χ0) is 13.8. The third-order valence-electron chi connectivity index (χ3n) is 2.45. The Hall–Kier alpha value is -0.840. The minimum Gasteiger partial charge on any atom is -0.487 e. The third-order valence-corrected chi connectivity index (χ3v) is 3.88. The highest BCUT2D eigenvalue weighted by molar-refractivity contribution is 9.11. The van der Waals surface area contributed by atoms with E-state index in [1.165, 1.54) is 0 Å². The van der Waals surface area contributed by atoms with Gasteiger partial charge in [0.05, 0.1) is 8.95 Å². The van der Waals surface area contributed by atoms with Crippen LogP contribution in [0.15, 0.2) is 45.3 Å². The van der Waals surface area contributed by atoms with Crippen molar-refractivity contribution in [3.63, 3.8) is 0 Å². The van der Waals surface area contributed by atoms with E-state index in [1.807, 2.05) is 24.3 Å². The zero-order valence-electron chi connectivity index (χ0n) is 9.70. The number of hydrogen-bond donors (Lipinski definition) is 0. The second-order valence-electron chi connectivity index (χ2n) is 3.85. The van der Waals surface area contributed by atoms with Crippen LogP contribution >= 0.6 is 43.5 Å². The Morgan fingerprint density at radius 3 is 2.21 bits per heavy atom. The van der Waals surface area contributed by atoms with Crippen molar-refractivity contribution in [1.82, 2.24) is 0 Å². The normalized spacial score (nSPS) is 10.3. The second kappa shape index (κ2) is 6.55. The summed E-state index contributed by atoms with van der Waals surface area (Å²) < 4.78 is 7.21. The van der Waals surface area contributed by atoms with Crippen LogP contribution in [0.5, 0.6) is 5.75 Å². The van der Waals surface area contributed by atoms with Gasteiger partial charge in [0.1, 0.15) is 18.6 Å². The molecule has 2 nitrogen and oxygen atoms in total. The monoisotopic (exact) mass is 402 g/mol. The van der Waals surface area contributed by atoms with E-state index in [2.05, 4.69) is 31.9 Å². The SMILES string of the molecule is O=Cc1cc(Br)c(OCc2ccc(Cl)cc2)c(Br)c1. The maximum absolute atomic E-state index is 10.7. The molecule has 0 amide bonds. The van der Waals surface area contributed by atoms with Crippen molar-refractivity contribution in [2.45, 2.75) is 6.61 Å². The molecule has 0 aliphatic rings. The molecule has 0 N–H and O–H groups in total. The summed E-state index contributed by atoms with van der Waals surface area (Å²) in [6.45, 7) is 0.425. The standard InChI is InChI=1S/C14H9Br2ClO2/c15-12-5-10(7-18)6-13(16)14(12)19-8-9-1-3-11(17)4-2-9/h1-7H,8H2. The van der Waals surface area contributed by atoms with Crippen LogP contribution in [0.4, 0.5) is 0 Å². The largest absolute Gasteiger partial charge is 0.487 e. The van der Waals surface area contributed by atoms with Crippen LogP contribution in [0.1, 0.15) is 15.9 Å². The molecule has 5 heteroatoms. The lowest BCUT2D eigenvalue weighted by molar-refractivity contribution is 0.112. The quantitative estimate of drug-likeness (QED) is 0.650. The molecule has 0 fully saturated rings.